The summed E-state index contributed by atoms with van der Waals surface area (Å²) in [5, 5.41) is 0. The van der Waals surface area contributed by atoms with E-state index in [0.29, 0.717) is 11.3 Å². The summed E-state index contributed by atoms with van der Waals surface area (Å²) >= 11 is 5.70. The van der Waals surface area contributed by atoms with Gasteiger partial charge in [-0.05, 0) is 58.8 Å². The van der Waals surface area contributed by atoms with Crippen molar-refractivity contribution in [2.75, 3.05) is 5.88 Å². The highest BCUT2D eigenvalue weighted by Crippen LogP contribution is 2.32. The standard InChI is InChI=1S/C18H31Cl/c1-15(2)9-8-13-18(5,6)17(4)11-7-10-16(3)12-14-19/h9,11-12H,7-8,10,13-14H2,1-6H3/b16-12+,17-11+. The number of alkyl halides is 1. The molecule has 110 valence electrons. The molecule has 0 saturated carbocycles. The Balaban J connectivity index is 4.32. The molecular weight excluding hydrogens is 252 g/mol. The second kappa shape index (κ2) is 9.42. The van der Waals surface area contributed by atoms with Gasteiger partial charge in [-0.25, -0.2) is 0 Å². The first-order chi connectivity index (χ1) is 8.79. The van der Waals surface area contributed by atoms with Crippen LogP contribution >= 0.6 is 11.6 Å². The van der Waals surface area contributed by atoms with E-state index in [4.69, 9.17) is 11.6 Å². The zero-order valence-corrected chi connectivity index (χ0v) is 14.4. The third kappa shape index (κ3) is 9.10. The summed E-state index contributed by atoms with van der Waals surface area (Å²) in [6.45, 7) is 13.5. The lowest BCUT2D eigenvalue weighted by atomic mass is 9.80. The minimum Gasteiger partial charge on any atom is -0.122 e. The van der Waals surface area contributed by atoms with Gasteiger partial charge in [0.15, 0.2) is 0 Å². The Bertz CT molecular complexity index is 339. The maximum atomic E-state index is 5.70. The Kier molecular flexibility index (Phi) is 9.18. The average molecular weight is 283 g/mol. The topological polar surface area (TPSA) is 0 Å². The van der Waals surface area contributed by atoms with E-state index in [0.717, 1.165) is 12.8 Å². The molecule has 0 nitrogen and oxygen atoms in total. The van der Waals surface area contributed by atoms with Crippen LogP contribution in [0.25, 0.3) is 0 Å². The van der Waals surface area contributed by atoms with Gasteiger partial charge in [0.05, 0.1) is 0 Å². The molecule has 19 heavy (non-hydrogen) atoms. The molecule has 0 aliphatic rings. The maximum absolute atomic E-state index is 5.70. The summed E-state index contributed by atoms with van der Waals surface area (Å²) < 4.78 is 0. The van der Waals surface area contributed by atoms with Crippen LogP contribution in [0.5, 0.6) is 0 Å². The van der Waals surface area contributed by atoms with E-state index in [2.05, 4.69) is 59.8 Å². The van der Waals surface area contributed by atoms with Gasteiger partial charge in [-0.1, -0.05) is 48.8 Å². The molecule has 0 atom stereocenters. The lowest BCUT2D eigenvalue weighted by Crippen LogP contribution is -2.12. The zero-order chi connectivity index (χ0) is 14.9. The van der Waals surface area contributed by atoms with E-state index >= 15 is 0 Å². The maximum Gasteiger partial charge on any atom is 0.0406 e. The molecule has 0 fully saturated rings. The summed E-state index contributed by atoms with van der Waals surface area (Å²) in [4.78, 5) is 0. The lowest BCUT2D eigenvalue weighted by Gasteiger charge is -2.25. The van der Waals surface area contributed by atoms with Crippen LogP contribution in [-0.4, -0.2) is 5.88 Å². The van der Waals surface area contributed by atoms with Crippen molar-refractivity contribution in [2.24, 2.45) is 5.41 Å². The molecule has 0 spiro atoms. The van der Waals surface area contributed by atoms with Crippen molar-refractivity contribution in [1.82, 2.24) is 0 Å². The fraction of sp³-hybridized carbons (Fsp3) is 0.667. The van der Waals surface area contributed by atoms with Crippen LogP contribution in [0.15, 0.2) is 34.9 Å². The van der Waals surface area contributed by atoms with Gasteiger partial charge in [0, 0.05) is 5.88 Å². The van der Waals surface area contributed by atoms with Crippen LogP contribution in [0.1, 0.15) is 67.2 Å². The molecular formula is C18H31Cl. The largest absolute Gasteiger partial charge is 0.122 e. The van der Waals surface area contributed by atoms with Crippen LogP contribution in [0.4, 0.5) is 0 Å². The molecule has 0 aromatic carbocycles. The SMILES string of the molecule is CC(C)=CCCC(C)(C)/C(C)=C/CC/C(C)=C/CCl. The van der Waals surface area contributed by atoms with Crippen molar-refractivity contribution >= 4 is 11.6 Å². The van der Waals surface area contributed by atoms with E-state index in [-0.39, 0.29) is 0 Å². The predicted molar refractivity (Wildman–Crippen MR) is 89.9 cm³/mol. The Morgan fingerprint density at radius 1 is 0.947 bits per heavy atom. The first-order valence-electron chi connectivity index (χ1n) is 7.32. The molecule has 0 aliphatic carbocycles. The summed E-state index contributed by atoms with van der Waals surface area (Å²) in [6.07, 6.45) is 11.5. The predicted octanol–water partition coefficient (Wildman–Crippen LogP) is 6.67. The molecule has 0 N–H and O–H groups in total. The lowest BCUT2D eigenvalue weighted by molar-refractivity contribution is 0.410. The Labute approximate surface area is 125 Å². The van der Waals surface area contributed by atoms with E-state index in [1.54, 1.807) is 0 Å². The molecule has 0 aromatic rings. The third-order valence-corrected chi connectivity index (χ3v) is 3.96. The van der Waals surface area contributed by atoms with Crippen LogP contribution < -0.4 is 0 Å². The highest BCUT2D eigenvalue weighted by atomic mass is 35.5. The minimum atomic E-state index is 0.302. The van der Waals surface area contributed by atoms with Gasteiger partial charge in [0.1, 0.15) is 0 Å². The highest BCUT2D eigenvalue weighted by Gasteiger charge is 2.18. The monoisotopic (exact) mass is 282 g/mol. The third-order valence-electron chi connectivity index (χ3n) is 3.80. The van der Waals surface area contributed by atoms with E-state index in [9.17, 15) is 0 Å². The number of rotatable bonds is 8. The molecule has 0 unspecified atom stereocenters. The second-order valence-corrected chi connectivity index (χ2v) is 6.64. The van der Waals surface area contributed by atoms with Gasteiger partial charge < -0.3 is 0 Å². The summed E-state index contributed by atoms with van der Waals surface area (Å²) in [6, 6.07) is 0. The van der Waals surface area contributed by atoms with E-state index in [1.165, 1.54) is 29.6 Å². The first-order valence-corrected chi connectivity index (χ1v) is 7.85. The van der Waals surface area contributed by atoms with Crippen molar-refractivity contribution in [3.05, 3.63) is 34.9 Å². The number of hydrogen-bond acceptors (Lipinski definition) is 0. The summed E-state index contributed by atoms with van der Waals surface area (Å²) in [5.41, 5.74) is 4.62. The van der Waals surface area contributed by atoms with Gasteiger partial charge >= 0.3 is 0 Å². The molecule has 0 amide bonds. The normalized spacial score (nSPS) is 13.6. The quantitative estimate of drug-likeness (QED) is 0.344. The highest BCUT2D eigenvalue weighted by molar-refractivity contribution is 6.18. The minimum absolute atomic E-state index is 0.302. The fourth-order valence-corrected chi connectivity index (χ4v) is 2.21. The molecule has 0 saturated heterocycles. The van der Waals surface area contributed by atoms with Crippen molar-refractivity contribution < 1.29 is 0 Å². The van der Waals surface area contributed by atoms with E-state index < -0.39 is 0 Å². The van der Waals surface area contributed by atoms with Crippen LogP contribution in [0, 0.1) is 5.41 Å². The van der Waals surface area contributed by atoms with E-state index in [1.807, 2.05) is 0 Å². The Hall–Kier alpha value is -0.490. The molecule has 0 radical (unpaired) electrons. The van der Waals surface area contributed by atoms with Crippen LogP contribution in [0.2, 0.25) is 0 Å². The molecule has 0 aromatic heterocycles. The smallest absolute Gasteiger partial charge is 0.0406 e. The summed E-state index contributed by atoms with van der Waals surface area (Å²) in [5.74, 6) is 0.628. The second-order valence-electron chi connectivity index (χ2n) is 6.33. The van der Waals surface area contributed by atoms with Crippen molar-refractivity contribution in [1.29, 1.82) is 0 Å². The van der Waals surface area contributed by atoms with Gasteiger partial charge in [-0.3, -0.25) is 0 Å². The Morgan fingerprint density at radius 2 is 1.58 bits per heavy atom. The fourth-order valence-electron chi connectivity index (χ4n) is 1.95. The Morgan fingerprint density at radius 3 is 2.11 bits per heavy atom. The molecule has 1 heteroatoms. The van der Waals surface area contributed by atoms with Crippen LogP contribution in [-0.2, 0) is 0 Å². The van der Waals surface area contributed by atoms with Crippen molar-refractivity contribution in [2.45, 2.75) is 67.2 Å². The molecule has 0 rings (SSSR count). The average Bonchev–Trinajstić information content (AvgIpc) is 2.28. The van der Waals surface area contributed by atoms with Gasteiger partial charge in [0.2, 0.25) is 0 Å². The molecule has 0 heterocycles. The van der Waals surface area contributed by atoms with Gasteiger partial charge in [-0.2, -0.15) is 0 Å². The van der Waals surface area contributed by atoms with Gasteiger partial charge in [-0.15, -0.1) is 11.6 Å². The molecule has 0 bridgehead atoms. The van der Waals surface area contributed by atoms with Crippen LogP contribution in [0.3, 0.4) is 0 Å². The van der Waals surface area contributed by atoms with Crippen molar-refractivity contribution in [3.8, 4) is 0 Å². The number of allylic oxidation sites excluding steroid dienone is 6. The van der Waals surface area contributed by atoms with Gasteiger partial charge in [0.25, 0.3) is 0 Å². The number of hydrogen-bond donors (Lipinski definition) is 0. The summed E-state index contributed by atoms with van der Waals surface area (Å²) in [7, 11) is 0. The zero-order valence-electron chi connectivity index (χ0n) is 13.6. The van der Waals surface area contributed by atoms with Crippen molar-refractivity contribution in [3.63, 3.8) is 0 Å². The number of halogens is 1. The molecule has 0 aliphatic heterocycles. The first kappa shape index (κ1) is 18.5.